The van der Waals surface area contributed by atoms with Gasteiger partial charge in [-0.15, -0.1) is 28.1 Å². The van der Waals surface area contributed by atoms with E-state index in [1.165, 1.54) is 27.7 Å². The Morgan fingerprint density at radius 3 is 2.45 bits per heavy atom. The number of hydrogen-bond donors (Lipinski definition) is 1. The Bertz CT molecular complexity index is 1620. The van der Waals surface area contributed by atoms with E-state index < -0.39 is 0 Å². The molecular formula is C31H32N6OS2. The molecule has 1 N–H and O–H groups in total. The first-order chi connectivity index (χ1) is 19.5. The van der Waals surface area contributed by atoms with Crippen LogP contribution in [0.2, 0.25) is 0 Å². The quantitative estimate of drug-likeness (QED) is 0.133. The van der Waals surface area contributed by atoms with Crippen molar-refractivity contribution in [3.8, 4) is 22.0 Å². The van der Waals surface area contributed by atoms with Crippen LogP contribution in [-0.4, -0.2) is 44.5 Å². The molecule has 0 unspecified atom stereocenters. The summed E-state index contributed by atoms with van der Waals surface area (Å²) in [6.07, 6.45) is 1.81. The molecule has 0 aliphatic heterocycles. The summed E-state index contributed by atoms with van der Waals surface area (Å²) in [4.78, 5) is 19.8. The monoisotopic (exact) mass is 568 g/mol. The van der Waals surface area contributed by atoms with Gasteiger partial charge in [0.05, 0.1) is 16.0 Å². The third-order valence-corrected chi connectivity index (χ3v) is 8.61. The Morgan fingerprint density at radius 2 is 1.75 bits per heavy atom. The number of amides is 1. The SMILES string of the molecule is C=CCn1c(SCC(=O)Nc2ccc(-c3nc4ccc(C)cc4s3)cc2)nnc1-c1ccc(N(CC)CC)cc1. The van der Waals surface area contributed by atoms with E-state index in [0.717, 1.165) is 46.3 Å². The van der Waals surface area contributed by atoms with Crippen molar-refractivity contribution in [2.45, 2.75) is 32.5 Å². The summed E-state index contributed by atoms with van der Waals surface area (Å²) >= 11 is 3.03. The van der Waals surface area contributed by atoms with Crippen LogP contribution in [-0.2, 0) is 11.3 Å². The molecule has 0 fully saturated rings. The van der Waals surface area contributed by atoms with Crippen molar-refractivity contribution < 1.29 is 4.79 Å². The zero-order valence-corrected chi connectivity index (χ0v) is 24.6. The molecule has 0 spiro atoms. The largest absolute Gasteiger partial charge is 0.372 e. The maximum atomic E-state index is 12.8. The van der Waals surface area contributed by atoms with Crippen LogP contribution >= 0.6 is 23.1 Å². The van der Waals surface area contributed by atoms with E-state index in [9.17, 15) is 4.79 Å². The Kier molecular flexibility index (Phi) is 8.62. The van der Waals surface area contributed by atoms with Crippen LogP contribution in [0.3, 0.4) is 0 Å². The maximum Gasteiger partial charge on any atom is 0.234 e. The molecule has 0 aliphatic rings. The molecule has 204 valence electrons. The number of aryl methyl sites for hydroxylation is 1. The Hall–Kier alpha value is -3.95. The third kappa shape index (κ3) is 6.11. The molecule has 9 heteroatoms. The summed E-state index contributed by atoms with van der Waals surface area (Å²) in [7, 11) is 0. The molecule has 1 amide bonds. The number of allylic oxidation sites excluding steroid dienone is 1. The summed E-state index contributed by atoms with van der Waals surface area (Å²) in [6, 6.07) is 22.5. The van der Waals surface area contributed by atoms with Gasteiger partial charge in [-0.2, -0.15) is 0 Å². The highest BCUT2D eigenvalue weighted by atomic mass is 32.2. The van der Waals surface area contributed by atoms with Gasteiger partial charge < -0.3 is 10.2 Å². The van der Waals surface area contributed by atoms with Crippen LogP contribution in [0.5, 0.6) is 0 Å². The summed E-state index contributed by atoms with van der Waals surface area (Å²) in [5, 5.41) is 13.4. The summed E-state index contributed by atoms with van der Waals surface area (Å²) in [5.41, 5.74) is 6.16. The molecule has 0 bridgehead atoms. The van der Waals surface area contributed by atoms with E-state index in [0.29, 0.717) is 11.7 Å². The zero-order valence-electron chi connectivity index (χ0n) is 22.9. The number of hydrogen-bond acceptors (Lipinski definition) is 7. The van der Waals surface area contributed by atoms with Crippen LogP contribution < -0.4 is 10.2 Å². The highest BCUT2D eigenvalue weighted by molar-refractivity contribution is 7.99. The number of carbonyl (C=O) groups is 1. The van der Waals surface area contributed by atoms with Crippen molar-refractivity contribution in [3.05, 3.63) is 84.9 Å². The number of anilines is 2. The number of thioether (sulfide) groups is 1. The van der Waals surface area contributed by atoms with Crippen molar-refractivity contribution in [3.63, 3.8) is 0 Å². The number of thiazole rings is 1. The molecule has 0 saturated carbocycles. The van der Waals surface area contributed by atoms with Gasteiger partial charge in [0.15, 0.2) is 11.0 Å². The lowest BCUT2D eigenvalue weighted by atomic mass is 10.2. The van der Waals surface area contributed by atoms with Gasteiger partial charge in [0.25, 0.3) is 0 Å². The van der Waals surface area contributed by atoms with Gasteiger partial charge in [-0.3, -0.25) is 9.36 Å². The second-order valence-electron chi connectivity index (χ2n) is 9.33. The highest BCUT2D eigenvalue weighted by Crippen LogP contribution is 2.31. The first kappa shape index (κ1) is 27.6. The third-order valence-electron chi connectivity index (χ3n) is 6.57. The molecule has 0 radical (unpaired) electrons. The van der Waals surface area contributed by atoms with Gasteiger partial charge in [-0.05, 0) is 87.0 Å². The topological polar surface area (TPSA) is 75.9 Å². The van der Waals surface area contributed by atoms with Crippen LogP contribution in [0.25, 0.3) is 32.2 Å². The number of carbonyl (C=O) groups excluding carboxylic acids is 1. The molecule has 5 rings (SSSR count). The van der Waals surface area contributed by atoms with Crippen molar-refractivity contribution in [2.75, 3.05) is 29.1 Å². The normalized spacial score (nSPS) is 11.1. The summed E-state index contributed by atoms with van der Waals surface area (Å²) < 4.78 is 3.17. The molecule has 2 aromatic heterocycles. The minimum Gasteiger partial charge on any atom is -0.372 e. The lowest BCUT2D eigenvalue weighted by Crippen LogP contribution is -2.21. The van der Waals surface area contributed by atoms with Crippen molar-refractivity contribution >= 4 is 50.6 Å². The molecule has 5 aromatic rings. The molecule has 0 saturated heterocycles. The van der Waals surface area contributed by atoms with E-state index in [2.05, 4.69) is 90.2 Å². The minimum absolute atomic E-state index is 0.105. The average Bonchev–Trinajstić information content (AvgIpc) is 3.57. The number of rotatable bonds is 11. The van der Waals surface area contributed by atoms with Crippen molar-refractivity contribution in [1.29, 1.82) is 0 Å². The van der Waals surface area contributed by atoms with Gasteiger partial charge >= 0.3 is 0 Å². The Balaban J connectivity index is 1.23. The van der Waals surface area contributed by atoms with Crippen LogP contribution in [0.1, 0.15) is 19.4 Å². The van der Waals surface area contributed by atoms with Crippen LogP contribution in [0, 0.1) is 6.92 Å². The fourth-order valence-electron chi connectivity index (χ4n) is 4.49. The maximum absolute atomic E-state index is 12.8. The fourth-order valence-corrected chi connectivity index (χ4v) is 6.31. The number of benzene rings is 3. The van der Waals surface area contributed by atoms with E-state index in [1.807, 2.05) is 34.9 Å². The first-order valence-corrected chi connectivity index (χ1v) is 15.1. The predicted molar refractivity (Wildman–Crippen MR) is 168 cm³/mol. The summed E-state index contributed by atoms with van der Waals surface area (Å²) in [6.45, 7) is 12.7. The standard InChI is InChI=1S/C31H32N6OS2/c1-5-18-37-29(22-11-15-25(16-12-22)36(6-2)7-3)34-35-31(37)39-20-28(38)32-24-13-9-23(10-14-24)30-33-26-17-8-21(4)19-27(26)40-30/h5,8-17,19H,1,6-7,18,20H2,2-4H3,(H,32,38). The van der Waals surface area contributed by atoms with Crippen LogP contribution in [0.4, 0.5) is 11.4 Å². The molecule has 40 heavy (non-hydrogen) atoms. The first-order valence-electron chi connectivity index (χ1n) is 13.3. The molecule has 3 aromatic carbocycles. The molecule has 7 nitrogen and oxygen atoms in total. The minimum atomic E-state index is -0.105. The number of aromatic nitrogens is 4. The van der Waals surface area contributed by atoms with E-state index >= 15 is 0 Å². The Morgan fingerprint density at radius 1 is 1.02 bits per heavy atom. The highest BCUT2D eigenvalue weighted by Gasteiger charge is 2.16. The smallest absolute Gasteiger partial charge is 0.234 e. The molecule has 0 aliphatic carbocycles. The molecule has 2 heterocycles. The molecular weight excluding hydrogens is 537 g/mol. The zero-order chi connectivity index (χ0) is 28.1. The van der Waals surface area contributed by atoms with E-state index in [-0.39, 0.29) is 11.7 Å². The van der Waals surface area contributed by atoms with Crippen molar-refractivity contribution in [1.82, 2.24) is 19.7 Å². The number of nitrogens with one attached hydrogen (secondary N) is 1. The number of nitrogens with zero attached hydrogens (tertiary/aromatic N) is 5. The number of fused-ring (bicyclic) bond motifs is 1. The van der Waals surface area contributed by atoms with Gasteiger partial charge in [-0.1, -0.05) is 23.9 Å². The predicted octanol–water partition coefficient (Wildman–Crippen LogP) is 7.29. The van der Waals surface area contributed by atoms with Gasteiger partial charge in [0.1, 0.15) is 5.01 Å². The lowest BCUT2D eigenvalue weighted by Gasteiger charge is -2.21. The van der Waals surface area contributed by atoms with E-state index in [4.69, 9.17) is 4.98 Å². The van der Waals surface area contributed by atoms with Gasteiger partial charge in [0, 0.05) is 42.1 Å². The summed E-state index contributed by atoms with van der Waals surface area (Å²) in [5.74, 6) is 0.871. The van der Waals surface area contributed by atoms with E-state index in [1.54, 1.807) is 11.3 Å². The van der Waals surface area contributed by atoms with Crippen molar-refractivity contribution in [2.24, 2.45) is 0 Å². The van der Waals surface area contributed by atoms with Crippen LogP contribution in [0.15, 0.2) is 84.5 Å². The fraction of sp³-hybridized carbons (Fsp3) is 0.226. The molecule has 0 atom stereocenters. The second-order valence-corrected chi connectivity index (χ2v) is 11.3. The second kappa shape index (κ2) is 12.5. The van der Waals surface area contributed by atoms with Gasteiger partial charge in [0.2, 0.25) is 5.91 Å². The lowest BCUT2D eigenvalue weighted by molar-refractivity contribution is -0.113. The van der Waals surface area contributed by atoms with Gasteiger partial charge in [-0.25, -0.2) is 4.98 Å². The Labute approximate surface area is 243 Å². The average molecular weight is 569 g/mol.